The molecule has 0 amide bonds. The van der Waals surface area contributed by atoms with Crippen molar-refractivity contribution in [2.75, 3.05) is 13.1 Å². The van der Waals surface area contributed by atoms with E-state index in [0.717, 1.165) is 23.8 Å². The molecular formula is C20H29N. The molecule has 0 aromatic heterocycles. The topological polar surface area (TPSA) is 3.24 Å². The van der Waals surface area contributed by atoms with Gasteiger partial charge in [-0.2, -0.15) is 0 Å². The summed E-state index contributed by atoms with van der Waals surface area (Å²) in [7, 11) is 0. The second kappa shape index (κ2) is 5.76. The van der Waals surface area contributed by atoms with Crippen molar-refractivity contribution < 1.29 is 0 Å². The highest BCUT2D eigenvalue weighted by Gasteiger charge is 2.37. The Balaban J connectivity index is 1.38. The van der Waals surface area contributed by atoms with Crippen LogP contribution in [0.5, 0.6) is 0 Å². The number of fused-ring (bicyclic) bond motifs is 2. The Labute approximate surface area is 129 Å². The van der Waals surface area contributed by atoms with E-state index in [1.54, 1.807) is 12.0 Å². The normalized spacial score (nSPS) is 34.2. The molecule has 1 aliphatic heterocycles. The van der Waals surface area contributed by atoms with E-state index < -0.39 is 0 Å². The SMILES string of the molecule is Cc1ccccc1C1CCN(C2C[C@H]3CC[C@H](C2)C3)CC1. The van der Waals surface area contributed by atoms with E-state index in [2.05, 4.69) is 36.1 Å². The molecule has 4 rings (SSSR count). The standard InChI is InChI=1S/C20H29N/c1-15-4-2-3-5-20(15)18-8-10-21(11-9-18)19-13-16-6-7-17(12-16)14-19/h2-5,16-19H,6-14H2,1H3/t16-,17-/m0/s1. The predicted molar refractivity (Wildman–Crippen MR) is 88.6 cm³/mol. The van der Waals surface area contributed by atoms with Crippen LogP contribution in [0.4, 0.5) is 0 Å². The highest BCUT2D eigenvalue weighted by atomic mass is 15.2. The summed E-state index contributed by atoms with van der Waals surface area (Å²) in [6, 6.07) is 9.95. The summed E-state index contributed by atoms with van der Waals surface area (Å²) in [5.74, 6) is 2.95. The van der Waals surface area contributed by atoms with Gasteiger partial charge in [-0.25, -0.2) is 0 Å². The van der Waals surface area contributed by atoms with E-state index in [-0.39, 0.29) is 0 Å². The lowest BCUT2D eigenvalue weighted by atomic mass is 9.82. The maximum atomic E-state index is 2.85. The second-order valence-electron chi connectivity index (χ2n) is 7.84. The fraction of sp³-hybridized carbons (Fsp3) is 0.700. The molecule has 1 heteroatoms. The first-order chi connectivity index (χ1) is 10.3. The smallest absolute Gasteiger partial charge is 0.0100 e. The zero-order valence-electron chi connectivity index (χ0n) is 13.4. The van der Waals surface area contributed by atoms with Gasteiger partial charge in [-0.05, 0) is 81.0 Å². The van der Waals surface area contributed by atoms with E-state index in [0.29, 0.717) is 0 Å². The van der Waals surface area contributed by atoms with Crippen molar-refractivity contribution in [2.45, 2.75) is 63.8 Å². The van der Waals surface area contributed by atoms with Gasteiger partial charge in [0.05, 0.1) is 0 Å². The molecule has 1 heterocycles. The molecule has 0 spiro atoms. The van der Waals surface area contributed by atoms with Crippen molar-refractivity contribution in [1.29, 1.82) is 0 Å². The number of benzene rings is 1. The van der Waals surface area contributed by atoms with Crippen molar-refractivity contribution in [3.63, 3.8) is 0 Å². The van der Waals surface area contributed by atoms with E-state index in [1.807, 2.05) is 0 Å². The first kappa shape index (κ1) is 13.8. The molecule has 0 radical (unpaired) electrons. The Morgan fingerprint density at radius 1 is 0.857 bits per heavy atom. The number of rotatable bonds is 2. The minimum atomic E-state index is 0.808. The van der Waals surface area contributed by atoms with Crippen molar-refractivity contribution in [1.82, 2.24) is 4.90 Å². The first-order valence-electron chi connectivity index (χ1n) is 9.09. The quantitative estimate of drug-likeness (QED) is 0.757. The Hall–Kier alpha value is -0.820. The minimum Gasteiger partial charge on any atom is -0.300 e. The highest BCUT2D eigenvalue weighted by Crippen LogP contribution is 2.44. The average molecular weight is 283 g/mol. The molecule has 1 aromatic carbocycles. The van der Waals surface area contributed by atoms with Crippen LogP contribution in [0.15, 0.2) is 24.3 Å². The number of hydrogen-bond acceptors (Lipinski definition) is 1. The summed E-state index contributed by atoms with van der Waals surface area (Å²) in [5.41, 5.74) is 3.10. The predicted octanol–water partition coefficient (Wildman–Crippen LogP) is 4.75. The van der Waals surface area contributed by atoms with Crippen LogP contribution in [-0.4, -0.2) is 24.0 Å². The van der Waals surface area contributed by atoms with Crippen LogP contribution in [0.2, 0.25) is 0 Å². The van der Waals surface area contributed by atoms with Crippen LogP contribution in [0, 0.1) is 18.8 Å². The molecule has 0 unspecified atom stereocenters. The van der Waals surface area contributed by atoms with Gasteiger partial charge in [0.25, 0.3) is 0 Å². The van der Waals surface area contributed by atoms with Crippen LogP contribution < -0.4 is 0 Å². The van der Waals surface area contributed by atoms with Crippen LogP contribution >= 0.6 is 0 Å². The minimum absolute atomic E-state index is 0.808. The third-order valence-corrected chi connectivity index (χ3v) is 6.53. The number of hydrogen-bond donors (Lipinski definition) is 0. The molecule has 1 saturated heterocycles. The molecular weight excluding hydrogens is 254 g/mol. The average Bonchev–Trinajstić information content (AvgIpc) is 2.86. The van der Waals surface area contributed by atoms with E-state index >= 15 is 0 Å². The summed E-state index contributed by atoms with van der Waals surface area (Å²) in [5, 5.41) is 0. The molecule has 1 aromatic rings. The number of likely N-dealkylation sites (tertiary alicyclic amines) is 1. The fourth-order valence-electron chi connectivity index (χ4n) is 5.39. The molecule has 21 heavy (non-hydrogen) atoms. The number of nitrogens with zero attached hydrogens (tertiary/aromatic N) is 1. The van der Waals surface area contributed by atoms with Crippen LogP contribution in [-0.2, 0) is 0 Å². The van der Waals surface area contributed by atoms with Crippen molar-refractivity contribution in [3.05, 3.63) is 35.4 Å². The highest BCUT2D eigenvalue weighted by molar-refractivity contribution is 5.29. The van der Waals surface area contributed by atoms with Crippen LogP contribution in [0.25, 0.3) is 0 Å². The van der Waals surface area contributed by atoms with Gasteiger partial charge in [0, 0.05) is 6.04 Å². The summed E-state index contributed by atoms with van der Waals surface area (Å²) in [6.07, 6.45) is 10.4. The molecule has 1 nitrogen and oxygen atoms in total. The lowest BCUT2D eigenvalue weighted by molar-refractivity contribution is 0.0983. The number of piperidine rings is 1. The van der Waals surface area contributed by atoms with Gasteiger partial charge in [0.1, 0.15) is 0 Å². The zero-order valence-corrected chi connectivity index (χ0v) is 13.4. The molecule has 2 bridgehead atoms. The monoisotopic (exact) mass is 283 g/mol. The van der Waals surface area contributed by atoms with Crippen molar-refractivity contribution in [3.8, 4) is 0 Å². The zero-order chi connectivity index (χ0) is 14.2. The maximum absolute atomic E-state index is 2.85. The second-order valence-corrected chi connectivity index (χ2v) is 7.84. The number of aryl methyl sites for hydroxylation is 1. The largest absolute Gasteiger partial charge is 0.300 e. The molecule has 3 fully saturated rings. The van der Waals surface area contributed by atoms with Crippen molar-refractivity contribution in [2.24, 2.45) is 11.8 Å². The van der Waals surface area contributed by atoms with Gasteiger partial charge < -0.3 is 4.90 Å². The van der Waals surface area contributed by atoms with E-state index in [9.17, 15) is 0 Å². The molecule has 0 N–H and O–H groups in total. The Bertz CT molecular complexity index is 474. The van der Waals surface area contributed by atoms with Gasteiger partial charge in [-0.3, -0.25) is 0 Å². The molecule has 2 aliphatic carbocycles. The van der Waals surface area contributed by atoms with Gasteiger partial charge in [0.15, 0.2) is 0 Å². The Kier molecular flexibility index (Phi) is 3.79. The summed E-state index contributed by atoms with van der Waals surface area (Å²) in [6.45, 7) is 4.95. The molecule has 3 aliphatic rings. The van der Waals surface area contributed by atoms with Gasteiger partial charge in [-0.1, -0.05) is 37.1 Å². The Morgan fingerprint density at radius 2 is 1.52 bits per heavy atom. The summed E-state index contributed by atoms with van der Waals surface area (Å²) >= 11 is 0. The van der Waals surface area contributed by atoms with Gasteiger partial charge >= 0.3 is 0 Å². The molecule has 2 atom stereocenters. The van der Waals surface area contributed by atoms with Gasteiger partial charge in [0.2, 0.25) is 0 Å². The van der Waals surface area contributed by atoms with E-state index in [1.165, 1.54) is 57.2 Å². The Morgan fingerprint density at radius 3 is 2.19 bits per heavy atom. The molecule has 114 valence electrons. The van der Waals surface area contributed by atoms with E-state index in [4.69, 9.17) is 0 Å². The summed E-state index contributed by atoms with van der Waals surface area (Å²) in [4.78, 5) is 2.85. The lowest BCUT2D eigenvalue weighted by Gasteiger charge is -2.41. The maximum Gasteiger partial charge on any atom is 0.0100 e. The van der Waals surface area contributed by atoms with Crippen LogP contribution in [0.1, 0.15) is 62.0 Å². The van der Waals surface area contributed by atoms with Crippen molar-refractivity contribution >= 4 is 0 Å². The third-order valence-electron chi connectivity index (χ3n) is 6.53. The van der Waals surface area contributed by atoms with Crippen LogP contribution in [0.3, 0.4) is 0 Å². The lowest BCUT2D eigenvalue weighted by Crippen LogP contribution is -2.43. The first-order valence-corrected chi connectivity index (χ1v) is 9.09. The fourth-order valence-corrected chi connectivity index (χ4v) is 5.39. The molecule has 2 saturated carbocycles. The van der Waals surface area contributed by atoms with Gasteiger partial charge in [-0.15, -0.1) is 0 Å². The summed E-state index contributed by atoms with van der Waals surface area (Å²) < 4.78 is 0. The third kappa shape index (κ3) is 2.77.